The molecule has 1 atom stereocenters. The second-order valence-corrected chi connectivity index (χ2v) is 4.39. The molecule has 0 aliphatic heterocycles. The van der Waals surface area contributed by atoms with Gasteiger partial charge in [0.1, 0.15) is 6.04 Å². The Balaban J connectivity index is 2.26. The lowest BCUT2D eigenvalue weighted by Crippen LogP contribution is -2.08. The second-order valence-electron chi connectivity index (χ2n) is 3.95. The summed E-state index contributed by atoms with van der Waals surface area (Å²) in [7, 11) is 0. The molecule has 2 rings (SSSR count). The topological polar surface area (TPSA) is 59.6 Å². The van der Waals surface area contributed by atoms with E-state index in [0.717, 1.165) is 11.3 Å². The van der Waals surface area contributed by atoms with Gasteiger partial charge >= 0.3 is 0 Å². The molecule has 0 heterocycles. The van der Waals surface area contributed by atoms with Crippen molar-refractivity contribution in [3.63, 3.8) is 0 Å². The van der Waals surface area contributed by atoms with Gasteiger partial charge < -0.3 is 5.32 Å². The SMILES string of the molecule is N#Cc1cccc(C(C#N)Nc2cccc(Cl)c2)c1. The van der Waals surface area contributed by atoms with Gasteiger partial charge in [-0.2, -0.15) is 10.5 Å². The Morgan fingerprint density at radius 2 is 1.84 bits per heavy atom. The van der Waals surface area contributed by atoms with Crippen LogP contribution in [0.5, 0.6) is 0 Å². The summed E-state index contributed by atoms with van der Waals surface area (Å²) >= 11 is 5.90. The van der Waals surface area contributed by atoms with Gasteiger partial charge in [0.15, 0.2) is 0 Å². The van der Waals surface area contributed by atoms with Crippen LogP contribution in [0.3, 0.4) is 0 Å². The van der Waals surface area contributed by atoms with E-state index in [1.165, 1.54) is 0 Å². The van der Waals surface area contributed by atoms with Crippen molar-refractivity contribution in [1.29, 1.82) is 10.5 Å². The van der Waals surface area contributed by atoms with Crippen LogP contribution in [0.25, 0.3) is 0 Å². The first-order valence-electron chi connectivity index (χ1n) is 5.64. The van der Waals surface area contributed by atoms with Crippen molar-refractivity contribution in [2.75, 3.05) is 5.32 Å². The molecule has 2 aromatic carbocycles. The third kappa shape index (κ3) is 3.25. The molecule has 4 heteroatoms. The molecule has 0 aliphatic rings. The van der Waals surface area contributed by atoms with Crippen molar-refractivity contribution in [3.05, 3.63) is 64.7 Å². The van der Waals surface area contributed by atoms with Crippen LogP contribution >= 0.6 is 11.6 Å². The highest BCUT2D eigenvalue weighted by Crippen LogP contribution is 2.22. The van der Waals surface area contributed by atoms with Gasteiger partial charge in [-0.25, -0.2) is 0 Å². The molecule has 0 bridgehead atoms. The Hall–Kier alpha value is -2.49. The molecule has 0 fully saturated rings. The fourth-order valence-electron chi connectivity index (χ4n) is 1.72. The molecular weight excluding hydrogens is 258 g/mol. The van der Waals surface area contributed by atoms with Crippen molar-refractivity contribution in [2.45, 2.75) is 6.04 Å². The van der Waals surface area contributed by atoms with Gasteiger partial charge in [0.05, 0.1) is 17.7 Å². The number of halogens is 1. The molecule has 0 spiro atoms. The zero-order chi connectivity index (χ0) is 13.7. The normalized spacial score (nSPS) is 11.1. The number of nitrogens with zero attached hydrogens (tertiary/aromatic N) is 2. The van der Waals surface area contributed by atoms with Crippen LogP contribution in [0, 0.1) is 22.7 Å². The molecule has 92 valence electrons. The van der Waals surface area contributed by atoms with Gasteiger partial charge in [-0.3, -0.25) is 0 Å². The Morgan fingerprint density at radius 3 is 2.53 bits per heavy atom. The average Bonchev–Trinajstić information content (AvgIpc) is 2.45. The summed E-state index contributed by atoms with van der Waals surface area (Å²) in [6.45, 7) is 0. The second kappa shape index (κ2) is 5.91. The Bertz CT molecular complexity index is 668. The lowest BCUT2D eigenvalue weighted by Gasteiger charge is -2.13. The Morgan fingerprint density at radius 1 is 1.05 bits per heavy atom. The zero-order valence-electron chi connectivity index (χ0n) is 9.97. The zero-order valence-corrected chi connectivity index (χ0v) is 10.7. The van der Waals surface area contributed by atoms with Gasteiger partial charge in [-0.15, -0.1) is 0 Å². The van der Waals surface area contributed by atoms with Crippen LogP contribution in [0.2, 0.25) is 5.02 Å². The largest absolute Gasteiger partial charge is 0.366 e. The minimum Gasteiger partial charge on any atom is -0.366 e. The number of anilines is 1. The number of benzene rings is 2. The highest BCUT2D eigenvalue weighted by atomic mass is 35.5. The maximum absolute atomic E-state index is 9.25. The molecule has 0 radical (unpaired) electrons. The van der Waals surface area contributed by atoms with Crippen molar-refractivity contribution in [2.24, 2.45) is 0 Å². The molecule has 0 aliphatic carbocycles. The minimum atomic E-state index is -0.522. The monoisotopic (exact) mass is 267 g/mol. The molecule has 0 aromatic heterocycles. The third-order valence-corrected chi connectivity index (χ3v) is 2.85. The third-order valence-electron chi connectivity index (χ3n) is 2.61. The molecular formula is C15H10ClN3. The average molecular weight is 268 g/mol. The van der Waals surface area contributed by atoms with Crippen LogP contribution in [-0.4, -0.2) is 0 Å². The van der Waals surface area contributed by atoms with Crippen molar-refractivity contribution >= 4 is 17.3 Å². The van der Waals surface area contributed by atoms with E-state index < -0.39 is 6.04 Å². The van der Waals surface area contributed by atoms with Gasteiger partial charge in [0.2, 0.25) is 0 Å². The molecule has 19 heavy (non-hydrogen) atoms. The van der Waals surface area contributed by atoms with E-state index in [4.69, 9.17) is 16.9 Å². The molecule has 0 saturated carbocycles. The summed E-state index contributed by atoms with van der Waals surface area (Å²) < 4.78 is 0. The molecule has 1 N–H and O–H groups in total. The van der Waals surface area contributed by atoms with Crippen LogP contribution in [0.15, 0.2) is 48.5 Å². The molecule has 2 aromatic rings. The number of hydrogen-bond donors (Lipinski definition) is 1. The van der Waals surface area contributed by atoms with Crippen molar-refractivity contribution in [1.82, 2.24) is 0 Å². The van der Waals surface area contributed by atoms with Gasteiger partial charge in [0, 0.05) is 10.7 Å². The van der Waals surface area contributed by atoms with E-state index in [1.54, 1.807) is 30.3 Å². The maximum atomic E-state index is 9.25. The van der Waals surface area contributed by atoms with E-state index in [-0.39, 0.29) is 0 Å². The fraction of sp³-hybridized carbons (Fsp3) is 0.0667. The predicted molar refractivity (Wildman–Crippen MR) is 74.6 cm³/mol. The predicted octanol–water partition coefficient (Wildman–Crippen LogP) is 3.89. The molecule has 0 saturated heterocycles. The first kappa shape index (κ1) is 13.0. The highest BCUT2D eigenvalue weighted by Gasteiger charge is 2.10. The van der Waals surface area contributed by atoms with E-state index in [9.17, 15) is 5.26 Å². The molecule has 1 unspecified atom stereocenters. The summed E-state index contributed by atoms with van der Waals surface area (Å²) in [5.74, 6) is 0. The summed E-state index contributed by atoms with van der Waals surface area (Å²) in [5.41, 5.74) is 2.05. The summed E-state index contributed by atoms with van der Waals surface area (Å²) in [6, 6.07) is 17.9. The number of nitrogens with one attached hydrogen (secondary N) is 1. The van der Waals surface area contributed by atoms with Crippen LogP contribution in [-0.2, 0) is 0 Å². The Kier molecular flexibility index (Phi) is 4.03. The van der Waals surface area contributed by atoms with E-state index in [1.807, 2.05) is 18.2 Å². The molecule has 3 nitrogen and oxygen atoms in total. The van der Waals surface area contributed by atoms with Crippen LogP contribution in [0.4, 0.5) is 5.69 Å². The summed E-state index contributed by atoms with van der Waals surface area (Å²) in [4.78, 5) is 0. The van der Waals surface area contributed by atoms with Crippen molar-refractivity contribution < 1.29 is 0 Å². The number of nitriles is 2. The maximum Gasteiger partial charge on any atom is 0.140 e. The summed E-state index contributed by atoms with van der Waals surface area (Å²) in [6.07, 6.45) is 0. The standard InChI is InChI=1S/C15H10ClN3/c16-13-5-2-6-14(8-13)19-15(10-18)12-4-1-3-11(7-12)9-17/h1-8,15,19H. The minimum absolute atomic E-state index is 0.522. The van der Waals surface area contributed by atoms with E-state index in [2.05, 4.69) is 17.5 Å². The molecule has 0 amide bonds. The van der Waals surface area contributed by atoms with Crippen LogP contribution in [0.1, 0.15) is 17.2 Å². The smallest absolute Gasteiger partial charge is 0.140 e. The first-order chi connectivity index (χ1) is 9.22. The van der Waals surface area contributed by atoms with Gasteiger partial charge in [-0.05, 0) is 35.9 Å². The number of rotatable bonds is 3. The summed E-state index contributed by atoms with van der Waals surface area (Å²) in [5, 5.41) is 21.8. The quantitative estimate of drug-likeness (QED) is 0.918. The lowest BCUT2D eigenvalue weighted by atomic mass is 10.1. The first-order valence-corrected chi connectivity index (χ1v) is 6.02. The Labute approximate surface area is 116 Å². The van der Waals surface area contributed by atoms with Gasteiger partial charge in [0.25, 0.3) is 0 Å². The van der Waals surface area contributed by atoms with Crippen molar-refractivity contribution in [3.8, 4) is 12.1 Å². The van der Waals surface area contributed by atoms with E-state index in [0.29, 0.717) is 10.6 Å². The van der Waals surface area contributed by atoms with Crippen LogP contribution < -0.4 is 5.32 Å². The lowest BCUT2D eigenvalue weighted by molar-refractivity contribution is 0.996. The van der Waals surface area contributed by atoms with Gasteiger partial charge in [-0.1, -0.05) is 29.8 Å². The number of hydrogen-bond acceptors (Lipinski definition) is 3. The van der Waals surface area contributed by atoms with E-state index >= 15 is 0 Å². The fourth-order valence-corrected chi connectivity index (χ4v) is 1.91. The highest BCUT2D eigenvalue weighted by molar-refractivity contribution is 6.30.